The van der Waals surface area contributed by atoms with Gasteiger partial charge in [-0.2, -0.15) is 0 Å². The Balaban J connectivity index is 1.85. The Kier molecular flexibility index (Phi) is 7.51. The lowest BCUT2D eigenvalue weighted by Crippen LogP contribution is -2.39. The second kappa shape index (κ2) is 10.4. The van der Waals surface area contributed by atoms with E-state index in [1.54, 1.807) is 23.1 Å². The Bertz CT molecular complexity index is 1230. The summed E-state index contributed by atoms with van der Waals surface area (Å²) in [5.41, 5.74) is 1.35. The van der Waals surface area contributed by atoms with E-state index in [4.69, 9.17) is 18.9 Å². The maximum atomic E-state index is 13.3. The fourth-order valence-electron chi connectivity index (χ4n) is 3.69. The van der Waals surface area contributed by atoms with Gasteiger partial charge in [0.05, 0.1) is 37.6 Å². The number of carbonyl (C=O) groups excluding carboxylic acids is 2. The summed E-state index contributed by atoms with van der Waals surface area (Å²) in [5.74, 6) is 0.0182. The third-order valence-corrected chi connectivity index (χ3v) is 6.51. The van der Waals surface area contributed by atoms with E-state index in [0.29, 0.717) is 42.1 Å². The molecule has 7 nitrogen and oxygen atoms in total. The van der Waals surface area contributed by atoms with Crippen molar-refractivity contribution in [2.45, 2.75) is 39.1 Å². The van der Waals surface area contributed by atoms with E-state index in [9.17, 15) is 9.59 Å². The van der Waals surface area contributed by atoms with E-state index in [2.05, 4.69) is 22.6 Å². The topological polar surface area (TPSA) is 77.6 Å². The van der Waals surface area contributed by atoms with Gasteiger partial charge in [0, 0.05) is 20.4 Å². The minimum Gasteiger partial charge on any atom is -0.488 e. The molecule has 0 N–H and O–H groups in total. The van der Waals surface area contributed by atoms with E-state index < -0.39 is 17.7 Å². The molecule has 0 radical (unpaired) electrons. The number of methoxy groups -OCH3 is 1. The Morgan fingerprint density at radius 2 is 1.83 bits per heavy atom. The summed E-state index contributed by atoms with van der Waals surface area (Å²) in [6.07, 6.45) is -0.521. The number of amides is 1. The summed E-state index contributed by atoms with van der Waals surface area (Å²) in [4.78, 5) is 27.5. The van der Waals surface area contributed by atoms with Gasteiger partial charge in [0.1, 0.15) is 18.0 Å². The van der Waals surface area contributed by atoms with Gasteiger partial charge in [-0.15, -0.1) is 0 Å². The number of hydrogen-bond donors (Lipinski definition) is 0. The fourth-order valence-corrected chi connectivity index (χ4v) is 4.59. The minimum absolute atomic E-state index is 0.0518. The molecular weight excluding hydrogens is 561 g/mol. The maximum Gasteiger partial charge on any atom is 0.414 e. The third-order valence-electron chi connectivity index (χ3n) is 5.38. The summed E-state index contributed by atoms with van der Waals surface area (Å²) < 4.78 is 23.2. The van der Waals surface area contributed by atoms with Crippen molar-refractivity contribution in [1.82, 2.24) is 0 Å². The number of ether oxygens (including phenoxy) is 4. The van der Waals surface area contributed by atoms with Gasteiger partial charge in [-0.25, -0.2) is 9.59 Å². The lowest BCUT2D eigenvalue weighted by molar-refractivity contribution is 0.0573. The number of esters is 1. The molecule has 0 bridgehead atoms. The molecule has 0 aromatic heterocycles. The SMILES string of the molecule is COC(=O)c1cccc2c(I)c(N(CC3CO3)C(=O)OC(C)(C)C)cc(OCc3ccccc3)c12. The zero-order chi connectivity index (χ0) is 25.2. The largest absolute Gasteiger partial charge is 0.488 e. The van der Waals surface area contributed by atoms with Gasteiger partial charge >= 0.3 is 12.1 Å². The van der Waals surface area contributed by atoms with Crippen LogP contribution in [-0.2, 0) is 20.8 Å². The molecule has 0 aliphatic carbocycles. The highest BCUT2D eigenvalue weighted by atomic mass is 127. The monoisotopic (exact) mass is 589 g/mol. The van der Waals surface area contributed by atoms with Crippen LogP contribution >= 0.6 is 22.6 Å². The van der Waals surface area contributed by atoms with Crippen LogP contribution in [0.25, 0.3) is 10.8 Å². The van der Waals surface area contributed by atoms with Crippen molar-refractivity contribution in [2.75, 3.05) is 25.2 Å². The molecule has 1 atom stereocenters. The molecule has 1 aliphatic heterocycles. The number of halogens is 1. The second-order valence-electron chi connectivity index (χ2n) is 9.25. The maximum absolute atomic E-state index is 13.3. The van der Waals surface area contributed by atoms with E-state index >= 15 is 0 Å². The first-order valence-corrected chi connectivity index (χ1v) is 12.4. The number of nitrogens with zero attached hydrogens (tertiary/aromatic N) is 1. The first-order chi connectivity index (χ1) is 16.7. The molecule has 1 saturated heterocycles. The molecule has 1 amide bonds. The van der Waals surface area contributed by atoms with E-state index in [1.165, 1.54) is 7.11 Å². The minimum atomic E-state index is -0.660. The van der Waals surface area contributed by atoms with Crippen LogP contribution in [0.3, 0.4) is 0 Å². The van der Waals surface area contributed by atoms with E-state index in [0.717, 1.165) is 14.5 Å². The molecule has 0 saturated carbocycles. The average molecular weight is 589 g/mol. The molecule has 1 heterocycles. The van der Waals surface area contributed by atoms with Crippen LogP contribution in [0, 0.1) is 3.57 Å². The van der Waals surface area contributed by atoms with Crippen molar-refractivity contribution in [3.63, 3.8) is 0 Å². The molecule has 3 aromatic carbocycles. The predicted molar refractivity (Wildman–Crippen MR) is 142 cm³/mol. The van der Waals surface area contributed by atoms with Crippen LogP contribution in [0.2, 0.25) is 0 Å². The first kappa shape index (κ1) is 25.2. The molecule has 4 rings (SSSR count). The van der Waals surface area contributed by atoms with Gasteiger partial charge in [-0.3, -0.25) is 4.90 Å². The van der Waals surface area contributed by atoms with Crippen LogP contribution in [0.15, 0.2) is 54.6 Å². The smallest absolute Gasteiger partial charge is 0.414 e. The molecular formula is C27H28INO6. The van der Waals surface area contributed by atoms with E-state index in [1.807, 2.05) is 57.2 Å². The van der Waals surface area contributed by atoms with Gasteiger partial charge in [0.2, 0.25) is 0 Å². The van der Waals surface area contributed by atoms with Crippen molar-refractivity contribution in [2.24, 2.45) is 0 Å². The number of epoxide rings is 1. The number of fused-ring (bicyclic) bond motifs is 1. The van der Waals surface area contributed by atoms with Crippen LogP contribution in [0.1, 0.15) is 36.7 Å². The summed E-state index contributed by atoms with van der Waals surface area (Å²) in [6, 6.07) is 17.0. The molecule has 1 aliphatic rings. The lowest BCUT2D eigenvalue weighted by Gasteiger charge is -2.29. The normalized spacial score (nSPS) is 14.9. The van der Waals surface area contributed by atoms with Gasteiger partial charge in [0.15, 0.2) is 0 Å². The van der Waals surface area contributed by atoms with Crippen LogP contribution < -0.4 is 9.64 Å². The van der Waals surface area contributed by atoms with E-state index in [-0.39, 0.29) is 6.10 Å². The summed E-state index contributed by atoms with van der Waals surface area (Å²) >= 11 is 2.20. The fraction of sp³-hybridized carbons (Fsp3) is 0.333. The van der Waals surface area contributed by atoms with Crippen molar-refractivity contribution >= 4 is 51.1 Å². The predicted octanol–water partition coefficient (Wildman–Crippen LogP) is 5.95. The summed E-state index contributed by atoms with van der Waals surface area (Å²) in [6.45, 7) is 6.74. The zero-order valence-corrected chi connectivity index (χ0v) is 22.3. The Morgan fingerprint density at radius 3 is 2.46 bits per heavy atom. The molecule has 1 unspecified atom stereocenters. The van der Waals surface area contributed by atoms with Crippen LogP contribution in [0.5, 0.6) is 5.75 Å². The summed E-state index contributed by atoms with van der Waals surface area (Å²) in [7, 11) is 1.35. The number of rotatable bonds is 7. The molecule has 35 heavy (non-hydrogen) atoms. The quantitative estimate of drug-likeness (QED) is 0.193. The first-order valence-electron chi connectivity index (χ1n) is 11.3. The number of benzene rings is 3. The van der Waals surface area contributed by atoms with Crippen molar-refractivity contribution < 1.29 is 28.5 Å². The van der Waals surface area contributed by atoms with Gasteiger partial charge in [-0.1, -0.05) is 42.5 Å². The standard InChI is InChI=1S/C27H28INO6/c1-27(2,3)35-26(31)29(14-18-16-33-18)21-13-22(34-15-17-9-6-5-7-10-17)23-19(24(21)28)11-8-12-20(23)25(30)32-4/h5-13,18H,14-16H2,1-4H3. The van der Waals surface area contributed by atoms with Crippen molar-refractivity contribution in [3.8, 4) is 5.75 Å². The van der Waals surface area contributed by atoms with Gasteiger partial charge in [0.25, 0.3) is 0 Å². The molecule has 0 spiro atoms. The van der Waals surface area contributed by atoms with Crippen LogP contribution in [0.4, 0.5) is 10.5 Å². The average Bonchev–Trinajstić information content (AvgIpc) is 3.65. The highest BCUT2D eigenvalue weighted by molar-refractivity contribution is 14.1. The van der Waals surface area contributed by atoms with Gasteiger partial charge < -0.3 is 18.9 Å². The third kappa shape index (κ3) is 6.05. The number of carbonyl (C=O) groups is 2. The molecule has 184 valence electrons. The molecule has 1 fully saturated rings. The van der Waals surface area contributed by atoms with Crippen molar-refractivity contribution in [3.05, 3.63) is 69.3 Å². The number of hydrogen-bond acceptors (Lipinski definition) is 6. The zero-order valence-electron chi connectivity index (χ0n) is 20.2. The van der Waals surface area contributed by atoms with Crippen LogP contribution in [-0.4, -0.2) is 44.0 Å². The molecule has 3 aromatic rings. The number of anilines is 1. The highest BCUT2D eigenvalue weighted by Crippen LogP contribution is 2.40. The Labute approximate surface area is 218 Å². The Hall–Kier alpha value is -2.85. The molecule has 8 heteroatoms. The summed E-state index contributed by atoms with van der Waals surface area (Å²) in [5, 5.41) is 1.41. The van der Waals surface area contributed by atoms with Crippen molar-refractivity contribution in [1.29, 1.82) is 0 Å². The lowest BCUT2D eigenvalue weighted by atomic mass is 10.0. The second-order valence-corrected chi connectivity index (χ2v) is 10.3. The Morgan fingerprint density at radius 1 is 1.11 bits per heavy atom. The van der Waals surface area contributed by atoms with Gasteiger partial charge in [-0.05, 0) is 55.0 Å². The highest BCUT2D eigenvalue weighted by Gasteiger charge is 2.33.